The minimum Gasteiger partial charge on any atom is -0.493 e. The Labute approximate surface area is 182 Å². The molecule has 0 aliphatic heterocycles. The molecule has 1 aromatic heterocycles. The van der Waals surface area contributed by atoms with Gasteiger partial charge in [-0.05, 0) is 36.2 Å². The highest BCUT2D eigenvalue weighted by atomic mass is 127. The van der Waals surface area contributed by atoms with E-state index in [4.69, 9.17) is 19.6 Å². The van der Waals surface area contributed by atoms with Crippen molar-refractivity contribution in [2.75, 3.05) is 27.3 Å². The molecule has 6 nitrogen and oxygen atoms in total. The van der Waals surface area contributed by atoms with E-state index in [0.717, 1.165) is 40.2 Å². The molecule has 28 heavy (non-hydrogen) atoms. The van der Waals surface area contributed by atoms with Gasteiger partial charge in [0.1, 0.15) is 11.3 Å². The fourth-order valence-electron chi connectivity index (χ4n) is 2.87. The summed E-state index contributed by atoms with van der Waals surface area (Å²) >= 11 is 0. The van der Waals surface area contributed by atoms with E-state index in [1.54, 1.807) is 14.2 Å². The second-order valence-corrected chi connectivity index (χ2v) is 6.13. The topological polar surface area (TPSA) is 82.0 Å². The van der Waals surface area contributed by atoms with Gasteiger partial charge < -0.3 is 24.9 Å². The van der Waals surface area contributed by atoms with Crippen LogP contribution in [0.5, 0.6) is 11.5 Å². The summed E-state index contributed by atoms with van der Waals surface area (Å²) in [6.45, 7) is 1.27. The molecule has 0 atom stereocenters. The van der Waals surface area contributed by atoms with E-state index in [-0.39, 0.29) is 24.0 Å². The number of halogens is 1. The first kappa shape index (κ1) is 21.9. The number of nitrogens with two attached hydrogens (primary N) is 1. The number of ether oxygens (including phenoxy) is 2. The van der Waals surface area contributed by atoms with Crippen molar-refractivity contribution in [3.05, 3.63) is 59.9 Å². The number of aliphatic imine (C=N–C) groups is 1. The summed E-state index contributed by atoms with van der Waals surface area (Å²) in [5.74, 6) is 2.80. The molecule has 0 saturated carbocycles. The molecular formula is C21H26IN3O3. The standard InChI is InChI=1S/C21H25N3O3.HI/c1-25-19-8-7-15(13-20(19)26-2)9-11-23-21(22)24-12-10-17-14-16-5-3-4-6-18(16)27-17;/h3-8,13-14H,9-12H2,1-2H3,(H3,22,23,24);1H. The highest BCUT2D eigenvalue weighted by molar-refractivity contribution is 14.0. The Morgan fingerprint density at radius 3 is 2.57 bits per heavy atom. The van der Waals surface area contributed by atoms with E-state index >= 15 is 0 Å². The average Bonchev–Trinajstić information content (AvgIpc) is 3.10. The van der Waals surface area contributed by atoms with E-state index in [0.29, 0.717) is 25.5 Å². The summed E-state index contributed by atoms with van der Waals surface area (Å²) in [6, 6.07) is 15.9. The molecule has 3 aromatic rings. The summed E-state index contributed by atoms with van der Waals surface area (Å²) in [7, 11) is 3.26. The van der Waals surface area contributed by atoms with Gasteiger partial charge in [0.25, 0.3) is 0 Å². The number of benzene rings is 2. The number of para-hydroxylation sites is 1. The molecule has 7 heteroatoms. The van der Waals surface area contributed by atoms with Crippen LogP contribution in [0, 0.1) is 0 Å². The first-order valence-corrected chi connectivity index (χ1v) is 8.91. The molecule has 0 aliphatic rings. The molecule has 3 N–H and O–H groups in total. The molecule has 0 radical (unpaired) electrons. The van der Waals surface area contributed by atoms with Crippen molar-refractivity contribution in [2.24, 2.45) is 10.7 Å². The van der Waals surface area contributed by atoms with Crippen LogP contribution in [-0.2, 0) is 12.8 Å². The van der Waals surface area contributed by atoms with Crippen LogP contribution in [0.1, 0.15) is 11.3 Å². The number of rotatable bonds is 8. The minimum atomic E-state index is 0. The molecule has 2 aromatic carbocycles. The van der Waals surface area contributed by atoms with Gasteiger partial charge in [-0.2, -0.15) is 0 Å². The average molecular weight is 495 g/mol. The molecule has 0 spiro atoms. The van der Waals surface area contributed by atoms with Crippen LogP contribution in [0.25, 0.3) is 11.0 Å². The molecule has 3 rings (SSSR count). The van der Waals surface area contributed by atoms with Crippen LogP contribution in [0.3, 0.4) is 0 Å². The van der Waals surface area contributed by atoms with E-state index < -0.39 is 0 Å². The highest BCUT2D eigenvalue weighted by Gasteiger charge is 2.05. The molecule has 0 amide bonds. The van der Waals surface area contributed by atoms with E-state index in [9.17, 15) is 0 Å². The quantitative estimate of drug-likeness (QED) is 0.283. The lowest BCUT2D eigenvalue weighted by Gasteiger charge is -2.10. The van der Waals surface area contributed by atoms with Crippen molar-refractivity contribution < 1.29 is 13.9 Å². The molecule has 150 valence electrons. The zero-order valence-corrected chi connectivity index (χ0v) is 18.4. The molecule has 1 heterocycles. The molecule has 0 bridgehead atoms. The maximum atomic E-state index is 5.94. The predicted octanol–water partition coefficient (Wildman–Crippen LogP) is 3.76. The lowest BCUT2D eigenvalue weighted by Crippen LogP contribution is -2.33. The van der Waals surface area contributed by atoms with Gasteiger partial charge in [0.2, 0.25) is 0 Å². The normalized spacial score (nSPS) is 11.1. The second-order valence-electron chi connectivity index (χ2n) is 6.13. The zero-order valence-electron chi connectivity index (χ0n) is 16.1. The van der Waals surface area contributed by atoms with Crippen LogP contribution in [0.2, 0.25) is 0 Å². The van der Waals surface area contributed by atoms with Gasteiger partial charge in [-0.25, -0.2) is 0 Å². The zero-order chi connectivity index (χ0) is 19.1. The summed E-state index contributed by atoms with van der Waals surface area (Å²) in [5, 5.41) is 4.24. The highest BCUT2D eigenvalue weighted by Crippen LogP contribution is 2.27. The van der Waals surface area contributed by atoms with Gasteiger partial charge in [-0.1, -0.05) is 24.3 Å². The van der Waals surface area contributed by atoms with Crippen molar-refractivity contribution in [3.63, 3.8) is 0 Å². The van der Waals surface area contributed by atoms with Gasteiger partial charge in [0.05, 0.1) is 14.2 Å². The number of hydrogen-bond donors (Lipinski definition) is 2. The first-order chi connectivity index (χ1) is 13.2. The van der Waals surface area contributed by atoms with Crippen LogP contribution in [-0.4, -0.2) is 33.3 Å². The number of methoxy groups -OCH3 is 2. The van der Waals surface area contributed by atoms with Gasteiger partial charge in [0, 0.05) is 24.9 Å². The van der Waals surface area contributed by atoms with Crippen molar-refractivity contribution in [1.82, 2.24) is 5.32 Å². The van der Waals surface area contributed by atoms with Gasteiger partial charge >= 0.3 is 0 Å². The number of guanidine groups is 1. The maximum absolute atomic E-state index is 5.94. The van der Waals surface area contributed by atoms with Gasteiger partial charge in [0.15, 0.2) is 17.5 Å². The monoisotopic (exact) mass is 495 g/mol. The number of nitrogens with one attached hydrogen (secondary N) is 1. The predicted molar refractivity (Wildman–Crippen MR) is 123 cm³/mol. The summed E-state index contributed by atoms with van der Waals surface area (Å²) in [6.07, 6.45) is 1.52. The Kier molecular flexibility index (Phi) is 8.43. The van der Waals surface area contributed by atoms with Crippen molar-refractivity contribution >= 4 is 40.9 Å². The van der Waals surface area contributed by atoms with Crippen molar-refractivity contribution in [1.29, 1.82) is 0 Å². The van der Waals surface area contributed by atoms with E-state index in [2.05, 4.69) is 10.3 Å². The molecular weight excluding hydrogens is 469 g/mol. The Bertz CT molecular complexity index is 891. The number of fused-ring (bicyclic) bond motifs is 1. The lowest BCUT2D eigenvalue weighted by atomic mass is 10.1. The Morgan fingerprint density at radius 2 is 1.82 bits per heavy atom. The molecule has 0 fully saturated rings. The van der Waals surface area contributed by atoms with Gasteiger partial charge in [-0.3, -0.25) is 4.99 Å². The van der Waals surface area contributed by atoms with Crippen LogP contribution in [0.4, 0.5) is 0 Å². The van der Waals surface area contributed by atoms with Crippen LogP contribution >= 0.6 is 24.0 Å². The van der Waals surface area contributed by atoms with E-state index in [1.807, 2.05) is 48.5 Å². The summed E-state index contributed by atoms with van der Waals surface area (Å²) in [4.78, 5) is 4.36. The fraction of sp³-hybridized carbons (Fsp3) is 0.286. The Balaban J connectivity index is 0.00000280. The van der Waals surface area contributed by atoms with Crippen molar-refractivity contribution in [2.45, 2.75) is 12.8 Å². The summed E-state index contributed by atoms with van der Waals surface area (Å²) in [5.41, 5.74) is 7.98. The fourth-order valence-corrected chi connectivity index (χ4v) is 2.87. The van der Waals surface area contributed by atoms with Gasteiger partial charge in [-0.15, -0.1) is 24.0 Å². The summed E-state index contributed by atoms with van der Waals surface area (Å²) < 4.78 is 16.3. The Morgan fingerprint density at radius 1 is 1.04 bits per heavy atom. The first-order valence-electron chi connectivity index (χ1n) is 8.91. The number of hydrogen-bond acceptors (Lipinski definition) is 4. The minimum absolute atomic E-state index is 0. The molecule has 0 saturated heterocycles. The van der Waals surface area contributed by atoms with E-state index in [1.165, 1.54) is 0 Å². The molecule has 0 aliphatic carbocycles. The maximum Gasteiger partial charge on any atom is 0.188 e. The molecule has 0 unspecified atom stereocenters. The lowest BCUT2D eigenvalue weighted by molar-refractivity contribution is 0.354. The second kappa shape index (κ2) is 10.8. The largest absolute Gasteiger partial charge is 0.493 e. The number of nitrogens with zero attached hydrogens (tertiary/aromatic N) is 1. The van der Waals surface area contributed by atoms with Crippen LogP contribution < -0.4 is 20.5 Å². The third-order valence-electron chi connectivity index (χ3n) is 4.28. The Hall–Kier alpha value is -2.42. The third kappa shape index (κ3) is 5.79. The number of furan rings is 1. The third-order valence-corrected chi connectivity index (χ3v) is 4.28. The smallest absolute Gasteiger partial charge is 0.188 e. The van der Waals surface area contributed by atoms with Crippen LogP contribution in [0.15, 0.2) is 57.9 Å². The van der Waals surface area contributed by atoms with Crippen molar-refractivity contribution in [3.8, 4) is 11.5 Å². The SMILES string of the molecule is COc1ccc(CCNC(N)=NCCc2cc3ccccc3o2)cc1OC.I.